The number of nitrogens with zero attached hydrogens (tertiary/aromatic N) is 2. The van der Waals surface area contributed by atoms with Crippen molar-refractivity contribution in [3.8, 4) is 5.69 Å². The average Bonchev–Trinajstić information content (AvgIpc) is 3.21. The zero-order valence-corrected chi connectivity index (χ0v) is 16.6. The van der Waals surface area contributed by atoms with Crippen LogP contribution >= 0.6 is 22.9 Å². The lowest BCUT2D eigenvalue weighted by atomic mass is 10.1. The summed E-state index contributed by atoms with van der Waals surface area (Å²) in [7, 11) is 1.31. The molecule has 8 heteroatoms. The Balaban J connectivity index is 1.80. The molecule has 3 aromatic rings. The highest BCUT2D eigenvalue weighted by Crippen LogP contribution is 2.24. The zero-order valence-electron chi connectivity index (χ0n) is 15.1. The van der Waals surface area contributed by atoms with Gasteiger partial charge in [0.2, 0.25) is 5.91 Å². The van der Waals surface area contributed by atoms with Crippen molar-refractivity contribution in [2.75, 3.05) is 12.4 Å². The lowest BCUT2D eigenvalue weighted by Crippen LogP contribution is -2.16. The first-order valence-electron chi connectivity index (χ1n) is 8.17. The number of benzene rings is 1. The molecule has 1 amide bonds. The Hall–Kier alpha value is -2.64. The molecule has 3 rings (SSSR count). The number of ether oxygens (including phenoxy) is 1. The SMILES string of the molecule is COC(=O)c1sccc1NC(=O)Cc1c(C)nn(-c2ccc(Cl)cc2)c1C. The molecule has 0 fully saturated rings. The molecule has 0 atom stereocenters. The second kappa shape index (κ2) is 7.94. The number of carbonyl (C=O) groups is 2. The number of halogens is 1. The fraction of sp³-hybridized carbons (Fsp3) is 0.211. The summed E-state index contributed by atoms with van der Waals surface area (Å²) in [5, 5.41) is 9.71. The van der Waals surface area contributed by atoms with E-state index in [-0.39, 0.29) is 12.3 Å². The van der Waals surface area contributed by atoms with E-state index in [0.29, 0.717) is 15.6 Å². The molecule has 0 spiro atoms. The molecule has 0 aliphatic rings. The van der Waals surface area contributed by atoms with E-state index in [1.807, 2.05) is 26.0 Å². The minimum absolute atomic E-state index is 0.154. The van der Waals surface area contributed by atoms with Gasteiger partial charge in [0, 0.05) is 16.3 Å². The quantitative estimate of drug-likeness (QED) is 0.649. The van der Waals surface area contributed by atoms with E-state index in [2.05, 4.69) is 10.4 Å². The maximum atomic E-state index is 12.5. The first kappa shape index (κ1) is 19.1. The van der Waals surface area contributed by atoms with E-state index < -0.39 is 5.97 Å². The average molecular weight is 404 g/mol. The van der Waals surface area contributed by atoms with Crippen molar-refractivity contribution in [3.05, 3.63) is 62.6 Å². The van der Waals surface area contributed by atoms with Crippen LogP contribution in [-0.4, -0.2) is 28.8 Å². The minimum Gasteiger partial charge on any atom is -0.465 e. The molecule has 0 aliphatic heterocycles. The number of anilines is 1. The first-order valence-corrected chi connectivity index (χ1v) is 9.43. The molecule has 27 heavy (non-hydrogen) atoms. The van der Waals surface area contributed by atoms with Gasteiger partial charge in [-0.1, -0.05) is 11.6 Å². The summed E-state index contributed by atoms with van der Waals surface area (Å²) in [6.45, 7) is 3.79. The number of amides is 1. The highest BCUT2D eigenvalue weighted by molar-refractivity contribution is 7.12. The minimum atomic E-state index is -0.469. The van der Waals surface area contributed by atoms with Gasteiger partial charge in [-0.05, 0) is 49.6 Å². The van der Waals surface area contributed by atoms with Gasteiger partial charge < -0.3 is 10.1 Å². The normalized spacial score (nSPS) is 10.7. The molecule has 1 N–H and O–H groups in total. The number of rotatable bonds is 5. The van der Waals surface area contributed by atoms with Crippen LogP contribution in [0.5, 0.6) is 0 Å². The summed E-state index contributed by atoms with van der Waals surface area (Å²) in [5.41, 5.74) is 3.83. The lowest BCUT2D eigenvalue weighted by molar-refractivity contribution is -0.115. The van der Waals surface area contributed by atoms with Gasteiger partial charge in [-0.25, -0.2) is 9.48 Å². The third kappa shape index (κ3) is 4.04. The molecule has 0 aliphatic carbocycles. The number of esters is 1. The molecule has 140 valence electrons. The number of methoxy groups -OCH3 is 1. The summed E-state index contributed by atoms with van der Waals surface area (Å²) < 4.78 is 6.52. The monoisotopic (exact) mass is 403 g/mol. The van der Waals surface area contributed by atoms with Gasteiger partial charge in [-0.3, -0.25) is 4.79 Å². The van der Waals surface area contributed by atoms with E-state index in [1.54, 1.807) is 28.3 Å². The molecule has 0 saturated carbocycles. The number of hydrogen-bond donors (Lipinski definition) is 1. The number of nitrogens with one attached hydrogen (secondary N) is 1. The van der Waals surface area contributed by atoms with E-state index in [1.165, 1.54) is 18.4 Å². The lowest BCUT2D eigenvalue weighted by Gasteiger charge is -2.07. The maximum absolute atomic E-state index is 12.5. The van der Waals surface area contributed by atoms with Crippen molar-refractivity contribution in [3.63, 3.8) is 0 Å². The fourth-order valence-corrected chi connectivity index (χ4v) is 3.67. The predicted molar refractivity (Wildman–Crippen MR) is 106 cm³/mol. The zero-order chi connectivity index (χ0) is 19.6. The first-order chi connectivity index (χ1) is 12.9. The fourth-order valence-electron chi connectivity index (χ4n) is 2.78. The molecular formula is C19H18ClN3O3S. The van der Waals surface area contributed by atoms with Crippen molar-refractivity contribution in [2.45, 2.75) is 20.3 Å². The second-order valence-corrected chi connectivity index (χ2v) is 7.27. The summed E-state index contributed by atoms with van der Waals surface area (Å²) in [6, 6.07) is 9.03. The Bertz CT molecular complexity index is 992. The molecule has 0 saturated heterocycles. The van der Waals surface area contributed by atoms with Crippen molar-refractivity contribution in [2.24, 2.45) is 0 Å². The van der Waals surface area contributed by atoms with Gasteiger partial charge in [0.05, 0.1) is 30.6 Å². The van der Waals surface area contributed by atoms with E-state index >= 15 is 0 Å². The van der Waals surface area contributed by atoms with Crippen molar-refractivity contribution in [1.82, 2.24) is 9.78 Å². The second-order valence-electron chi connectivity index (χ2n) is 5.92. The molecule has 2 heterocycles. The molecular weight excluding hydrogens is 386 g/mol. The predicted octanol–water partition coefficient (Wildman–Crippen LogP) is 4.17. The van der Waals surface area contributed by atoms with E-state index in [4.69, 9.17) is 16.3 Å². The topological polar surface area (TPSA) is 73.2 Å². The van der Waals surface area contributed by atoms with Crippen LogP contribution in [0.25, 0.3) is 5.69 Å². The largest absolute Gasteiger partial charge is 0.465 e. The molecule has 1 aromatic carbocycles. The third-order valence-corrected chi connectivity index (χ3v) is 5.31. The van der Waals surface area contributed by atoms with Crippen molar-refractivity contribution >= 4 is 40.5 Å². The van der Waals surface area contributed by atoms with Crippen LogP contribution in [-0.2, 0) is 16.0 Å². The van der Waals surface area contributed by atoms with Gasteiger partial charge in [0.15, 0.2) is 0 Å². The smallest absolute Gasteiger partial charge is 0.350 e. The van der Waals surface area contributed by atoms with Gasteiger partial charge in [-0.15, -0.1) is 11.3 Å². The van der Waals surface area contributed by atoms with Crippen LogP contribution in [0.15, 0.2) is 35.7 Å². The Morgan fingerprint density at radius 1 is 1.22 bits per heavy atom. The Morgan fingerprint density at radius 2 is 1.93 bits per heavy atom. The van der Waals surface area contributed by atoms with Crippen molar-refractivity contribution in [1.29, 1.82) is 0 Å². The van der Waals surface area contributed by atoms with Crippen molar-refractivity contribution < 1.29 is 14.3 Å². The van der Waals surface area contributed by atoms with Crippen LogP contribution in [0.3, 0.4) is 0 Å². The van der Waals surface area contributed by atoms with Crippen LogP contribution in [0.4, 0.5) is 5.69 Å². The number of aryl methyl sites for hydroxylation is 1. The number of carbonyl (C=O) groups excluding carboxylic acids is 2. The Labute approximate surface area is 165 Å². The molecule has 0 unspecified atom stereocenters. The summed E-state index contributed by atoms with van der Waals surface area (Å²) in [5.74, 6) is -0.691. The highest BCUT2D eigenvalue weighted by atomic mass is 35.5. The van der Waals surface area contributed by atoms with Crippen LogP contribution in [0, 0.1) is 13.8 Å². The van der Waals surface area contributed by atoms with Gasteiger partial charge in [-0.2, -0.15) is 5.10 Å². The summed E-state index contributed by atoms with van der Waals surface area (Å²) >= 11 is 7.17. The Kier molecular flexibility index (Phi) is 5.62. The molecule has 0 radical (unpaired) electrons. The van der Waals surface area contributed by atoms with E-state index in [9.17, 15) is 9.59 Å². The van der Waals surface area contributed by atoms with Crippen LogP contribution in [0.1, 0.15) is 26.6 Å². The molecule has 6 nitrogen and oxygen atoms in total. The van der Waals surface area contributed by atoms with Gasteiger partial charge in [0.25, 0.3) is 0 Å². The van der Waals surface area contributed by atoms with Gasteiger partial charge >= 0.3 is 5.97 Å². The Morgan fingerprint density at radius 3 is 2.59 bits per heavy atom. The summed E-state index contributed by atoms with van der Waals surface area (Å²) in [4.78, 5) is 24.6. The maximum Gasteiger partial charge on any atom is 0.350 e. The summed E-state index contributed by atoms with van der Waals surface area (Å²) in [6.07, 6.45) is 0.154. The molecule has 0 bridgehead atoms. The standard InChI is InChI=1S/C19H18ClN3O3S/c1-11-15(12(2)23(22-11)14-6-4-13(20)5-7-14)10-17(24)21-16-8-9-27-18(16)19(25)26-3/h4-9H,10H2,1-3H3,(H,21,24). The number of aromatic nitrogens is 2. The van der Waals surface area contributed by atoms with Crippen LogP contribution in [0.2, 0.25) is 5.02 Å². The number of hydrogen-bond acceptors (Lipinski definition) is 5. The number of thiophene rings is 1. The van der Waals surface area contributed by atoms with Crippen LogP contribution < -0.4 is 5.32 Å². The highest BCUT2D eigenvalue weighted by Gasteiger charge is 2.19. The third-order valence-electron chi connectivity index (χ3n) is 4.16. The molecule has 2 aromatic heterocycles. The van der Waals surface area contributed by atoms with E-state index in [0.717, 1.165) is 22.6 Å². The van der Waals surface area contributed by atoms with Gasteiger partial charge in [0.1, 0.15) is 4.88 Å².